The molecule has 1 aromatic carbocycles. The maximum absolute atomic E-state index is 12.4. The number of hydrogen-bond donors (Lipinski definition) is 2. The molecule has 0 spiro atoms. The predicted octanol–water partition coefficient (Wildman–Crippen LogP) is 1.15. The summed E-state index contributed by atoms with van der Waals surface area (Å²) < 4.78 is 4.97. The molecule has 25 heavy (non-hydrogen) atoms. The third kappa shape index (κ3) is 3.57. The number of carbonyl (C=O) groups excluding carboxylic acids is 2. The zero-order valence-electron chi connectivity index (χ0n) is 13.5. The van der Waals surface area contributed by atoms with Gasteiger partial charge in [-0.05, 0) is 18.2 Å². The molecule has 1 aliphatic rings. The zero-order chi connectivity index (χ0) is 17.8. The van der Waals surface area contributed by atoms with Gasteiger partial charge in [-0.15, -0.1) is 0 Å². The van der Waals surface area contributed by atoms with Crippen molar-refractivity contribution < 1.29 is 14.3 Å². The Morgan fingerprint density at radius 2 is 2.00 bits per heavy atom. The van der Waals surface area contributed by atoms with E-state index in [2.05, 4.69) is 15.4 Å². The van der Waals surface area contributed by atoms with E-state index in [4.69, 9.17) is 10.5 Å². The summed E-state index contributed by atoms with van der Waals surface area (Å²) in [5.74, 6) is -0.501. The number of anilines is 2. The molecule has 1 aliphatic heterocycles. The third-order valence-corrected chi connectivity index (χ3v) is 3.72. The molecule has 2 heterocycles. The maximum atomic E-state index is 12.4. The molecular formula is C17H17N5O3. The molecule has 0 fully saturated rings. The molecule has 2 amide bonds. The van der Waals surface area contributed by atoms with Crippen molar-refractivity contribution in [2.24, 2.45) is 10.8 Å². The number of para-hydroxylation sites is 1. The number of primary amides is 1. The van der Waals surface area contributed by atoms with Crippen LogP contribution in [0.2, 0.25) is 0 Å². The second-order valence-corrected chi connectivity index (χ2v) is 5.39. The molecule has 3 N–H and O–H groups in total. The highest BCUT2D eigenvalue weighted by Gasteiger charge is 2.34. The standard InChI is InChI=1S/C17H17N5O3/c1-25-15-8-7-11(10-19-15)20-17(24)13-9-14(16(18)23)22(21-13)12-5-3-2-4-6-12/h2-8,10,14H,9H2,1H3,(H2,18,23)(H,20,24)/t14-/m1/s1. The number of nitrogens with zero attached hydrogens (tertiary/aromatic N) is 3. The van der Waals surface area contributed by atoms with Crippen molar-refractivity contribution in [2.75, 3.05) is 17.4 Å². The number of nitrogens with one attached hydrogen (secondary N) is 1. The fourth-order valence-corrected chi connectivity index (χ4v) is 2.47. The average Bonchev–Trinajstić information content (AvgIpc) is 3.09. The smallest absolute Gasteiger partial charge is 0.272 e. The molecule has 0 radical (unpaired) electrons. The summed E-state index contributed by atoms with van der Waals surface area (Å²) in [7, 11) is 1.51. The quantitative estimate of drug-likeness (QED) is 0.849. The molecule has 3 rings (SSSR count). The lowest BCUT2D eigenvalue weighted by Gasteiger charge is -2.20. The summed E-state index contributed by atoms with van der Waals surface area (Å²) in [6.07, 6.45) is 1.62. The SMILES string of the molecule is COc1ccc(NC(=O)C2=NN(c3ccccc3)[C@@H](C(N)=O)C2)cn1. The normalized spacial score (nSPS) is 16.3. The molecule has 0 unspecified atom stereocenters. The number of hydrazone groups is 1. The lowest BCUT2D eigenvalue weighted by Crippen LogP contribution is -2.39. The third-order valence-electron chi connectivity index (χ3n) is 3.72. The van der Waals surface area contributed by atoms with E-state index >= 15 is 0 Å². The summed E-state index contributed by atoms with van der Waals surface area (Å²) >= 11 is 0. The Kier molecular flexibility index (Phi) is 4.60. The number of nitrogens with two attached hydrogens (primary N) is 1. The summed E-state index contributed by atoms with van der Waals surface area (Å²) in [4.78, 5) is 28.2. The minimum absolute atomic E-state index is 0.139. The van der Waals surface area contributed by atoms with Gasteiger partial charge in [-0.25, -0.2) is 4.98 Å². The van der Waals surface area contributed by atoms with E-state index < -0.39 is 17.9 Å². The molecule has 0 bridgehead atoms. The molecule has 8 nitrogen and oxygen atoms in total. The first kappa shape index (κ1) is 16.4. The topological polar surface area (TPSA) is 110 Å². The van der Waals surface area contributed by atoms with Crippen molar-refractivity contribution in [3.63, 3.8) is 0 Å². The lowest BCUT2D eigenvalue weighted by atomic mass is 10.1. The highest BCUT2D eigenvalue weighted by Crippen LogP contribution is 2.24. The number of hydrogen-bond acceptors (Lipinski definition) is 6. The van der Waals surface area contributed by atoms with Crippen LogP contribution in [0.5, 0.6) is 5.88 Å². The molecule has 1 aromatic heterocycles. The molecule has 128 valence electrons. The van der Waals surface area contributed by atoms with Gasteiger partial charge in [0.15, 0.2) is 0 Å². The van der Waals surface area contributed by atoms with Crippen LogP contribution in [0, 0.1) is 0 Å². The lowest BCUT2D eigenvalue weighted by molar-refractivity contribution is -0.119. The minimum Gasteiger partial charge on any atom is -0.481 e. The van der Waals surface area contributed by atoms with Crippen LogP contribution >= 0.6 is 0 Å². The van der Waals surface area contributed by atoms with E-state index in [0.717, 1.165) is 0 Å². The summed E-state index contributed by atoms with van der Waals surface area (Å²) in [5, 5.41) is 8.46. The predicted molar refractivity (Wildman–Crippen MR) is 93.4 cm³/mol. The van der Waals surface area contributed by atoms with Gasteiger partial charge in [0.25, 0.3) is 5.91 Å². The van der Waals surface area contributed by atoms with E-state index in [1.165, 1.54) is 18.3 Å². The first-order valence-corrected chi connectivity index (χ1v) is 7.61. The van der Waals surface area contributed by atoms with Crippen LogP contribution in [-0.4, -0.2) is 35.7 Å². The highest BCUT2D eigenvalue weighted by molar-refractivity contribution is 6.44. The molecule has 1 atom stereocenters. The number of pyridine rings is 1. The van der Waals surface area contributed by atoms with Gasteiger partial charge in [0.1, 0.15) is 11.8 Å². The molecule has 8 heteroatoms. The molecule has 0 aliphatic carbocycles. The molecule has 0 saturated heterocycles. The number of methoxy groups -OCH3 is 1. The Bertz CT molecular complexity index is 805. The van der Waals surface area contributed by atoms with Gasteiger partial charge in [-0.3, -0.25) is 14.6 Å². The average molecular weight is 339 g/mol. The zero-order valence-corrected chi connectivity index (χ0v) is 13.5. The van der Waals surface area contributed by atoms with Gasteiger partial charge in [-0.2, -0.15) is 5.10 Å². The fourth-order valence-electron chi connectivity index (χ4n) is 2.47. The first-order valence-electron chi connectivity index (χ1n) is 7.61. The highest BCUT2D eigenvalue weighted by atomic mass is 16.5. The number of carbonyl (C=O) groups is 2. The van der Waals surface area contributed by atoms with E-state index in [9.17, 15) is 9.59 Å². The van der Waals surface area contributed by atoms with Gasteiger partial charge in [0.05, 0.1) is 24.7 Å². The van der Waals surface area contributed by atoms with Crippen LogP contribution in [0.1, 0.15) is 6.42 Å². The van der Waals surface area contributed by atoms with Crippen LogP contribution in [0.15, 0.2) is 53.8 Å². The van der Waals surface area contributed by atoms with E-state index in [0.29, 0.717) is 17.3 Å². The first-order chi connectivity index (χ1) is 12.1. The largest absolute Gasteiger partial charge is 0.481 e. The Hall–Kier alpha value is -3.42. The number of benzene rings is 1. The molecular weight excluding hydrogens is 322 g/mol. The summed E-state index contributed by atoms with van der Waals surface area (Å²) in [5.41, 5.74) is 6.89. The second-order valence-electron chi connectivity index (χ2n) is 5.39. The second kappa shape index (κ2) is 7.00. The van der Waals surface area contributed by atoms with Crippen LogP contribution in [-0.2, 0) is 9.59 Å². The van der Waals surface area contributed by atoms with Crippen molar-refractivity contribution in [2.45, 2.75) is 12.5 Å². The van der Waals surface area contributed by atoms with Crippen molar-refractivity contribution in [3.8, 4) is 5.88 Å². The van der Waals surface area contributed by atoms with Crippen molar-refractivity contribution in [3.05, 3.63) is 48.7 Å². The van der Waals surface area contributed by atoms with Crippen LogP contribution in [0.3, 0.4) is 0 Å². The number of amides is 2. The molecule has 2 aromatic rings. The van der Waals surface area contributed by atoms with Crippen molar-refractivity contribution in [1.82, 2.24) is 4.98 Å². The number of aromatic nitrogens is 1. The number of rotatable bonds is 5. The van der Waals surface area contributed by atoms with Gasteiger partial charge in [0.2, 0.25) is 11.8 Å². The van der Waals surface area contributed by atoms with Crippen molar-refractivity contribution >= 4 is 28.9 Å². The Morgan fingerprint density at radius 3 is 2.60 bits per heavy atom. The Morgan fingerprint density at radius 1 is 1.24 bits per heavy atom. The van der Waals surface area contributed by atoms with Gasteiger partial charge in [0, 0.05) is 12.5 Å². The maximum Gasteiger partial charge on any atom is 0.272 e. The van der Waals surface area contributed by atoms with Gasteiger partial charge >= 0.3 is 0 Å². The van der Waals surface area contributed by atoms with Crippen LogP contribution < -0.4 is 20.8 Å². The van der Waals surface area contributed by atoms with E-state index in [-0.39, 0.29) is 12.1 Å². The fraction of sp³-hybridized carbons (Fsp3) is 0.176. The van der Waals surface area contributed by atoms with E-state index in [1.807, 2.05) is 18.2 Å². The Labute approximate surface area is 144 Å². The Balaban J connectivity index is 1.78. The van der Waals surface area contributed by atoms with Gasteiger partial charge < -0.3 is 15.8 Å². The monoisotopic (exact) mass is 339 g/mol. The van der Waals surface area contributed by atoms with Crippen LogP contribution in [0.25, 0.3) is 0 Å². The van der Waals surface area contributed by atoms with Crippen molar-refractivity contribution in [1.29, 1.82) is 0 Å². The minimum atomic E-state index is -0.697. The number of ether oxygens (including phenoxy) is 1. The van der Waals surface area contributed by atoms with E-state index in [1.54, 1.807) is 24.3 Å². The molecule has 0 saturated carbocycles. The van der Waals surface area contributed by atoms with Gasteiger partial charge in [-0.1, -0.05) is 18.2 Å². The summed E-state index contributed by atoms with van der Waals surface area (Å²) in [6.45, 7) is 0. The van der Waals surface area contributed by atoms with Crippen LogP contribution in [0.4, 0.5) is 11.4 Å². The summed E-state index contributed by atoms with van der Waals surface area (Å²) in [6, 6.07) is 11.7.